The molecule has 0 bridgehead atoms. The van der Waals surface area contributed by atoms with Gasteiger partial charge in [-0.05, 0) is 33.6 Å². The molecule has 0 aliphatic carbocycles. The van der Waals surface area contributed by atoms with Crippen LogP contribution in [0.25, 0.3) is 0 Å². The summed E-state index contributed by atoms with van der Waals surface area (Å²) in [6.07, 6.45) is 0. The zero-order chi connectivity index (χ0) is 13.7. The van der Waals surface area contributed by atoms with Gasteiger partial charge in [0.15, 0.2) is 0 Å². The van der Waals surface area contributed by atoms with Gasteiger partial charge in [-0.1, -0.05) is 18.2 Å². The van der Waals surface area contributed by atoms with Crippen molar-refractivity contribution >= 4 is 33.2 Å². The van der Waals surface area contributed by atoms with Crippen LogP contribution in [-0.4, -0.2) is 13.1 Å². The number of carbonyl (C=O) groups excluding carboxylic acids is 1. The van der Waals surface area contributed by atoms with Gasteiger partial charge < -0.3 is 10.1 Å². The summed E-state index contributed by atoms with van der Waals surface area (Å²) in [5.74, 6) is -0.295. The molecule has 0 fully saturated rings. The third-order valence-corrected chi connectivity index (χ3v) is 4.36. The van der Waals surface area contributed by atoms with Crippen LogP contribution in [-0.2, 0) is 17.8 Å². The van der Waals surface area contributed by atoms with E-state index in [0.717, 1.165) is 16.6 Å². The summed E-state index contributed by atoms with van der Waals surface area (Å²) >= 11 is 5.13. The first kappa shape index (κ1) is 14.2. The Hall–Kier alpha value is -1.17. The van der Waals surface area contributed by atoms with Crippen molar-refractivity contribution in [3.63, 3.8) is 0 Å². The maximum Gasteiger partial charge on any atom is 0.338 e. The normalized spacial score (nSPS) is 10.4. The average Bonchev–Trinajstić information content (AvgIpc) is 2.84. The number of hydrogen-bond acceptors (Lipinski definition) is 4. The van der Waals surface area contributed by atoms with Gasteiger partial charge >= 0.3 is 5.97 Å². The highest BCUT2D eigenvalue weighted by Crippen LogP contribution is 2.19. The minimum atomic E-state index is -0.295. The Morgan fingerprint density at radius 3 is 2.84 bits per heavy atom. The van der Waals surface area contributed by atoms with E-state index < -0.39 is 0 Å². The van der Waals surface area contributed by atoms with Crippen molar-refractivity contribution in [2.45, 2.75) is 13.1 Å². The van der Waals surface area contributed by atoms with Crippen molar-refractivity contribution in [1.82, 2.24) is 5.32 Å². The molecule has 0 radical (unpaired) electrons. The number of halogens is 1. The smallest absolute Gasteiger partial charge is 0.338 e. The Morgan fingerprint density at radius 1 is 1.37 bits per heavy atom. The molecule has 0 aliphatic rings. The minimum Gasteiger partial charge on any atom is -0.465 e. The molecule has 0 amide bonds. The van der Waals surface area contributed by atoms with E-state index in [4.69, 9.17) is 4.74 Å². The molecular formula is C14H14BrNO2S. The number of hydrogen-bond donors (Lipinski definition) is 1. The highest BCUT2D eigenvalue weighted by molar-refractivity contribution is 9.10. The van der Waals surface area contributed by atoms with E-state index in [-0.39, 0.29) is 5.97 Å². The molecular weight excluding hydrogens is 326 g/mol. The molecule has 1 heterocycles. The molecule has 2 rings (SSSR count). The number of benzene rings is 1. The van der Waals surface area contributed by atoms with Gasteiger partial charge in [-0.15, -0.1) is 11.3 Å². The van der Waals surface area contributed by atoms with Gasteiger partial charge in [0.25, 0.3) is 0 Å². The van der Waals surface area contributed by atoms with Crippen molar-refractivity contribution in [2.75, 3.05) is 7.11 Å². The Kier molecular flexibility index (Phi) is 5.13. The van der Waals surface area contributed by atoms with Crippen LogP contribution in [0.1, 0.15) is 20.8 Å². The Labute approximate surface area is 124 Å². The molecule has 0 unspecified atom stereocenters. The van der Waals surface area contributed by atoms with Crippen LogP contribution in [0, 0.1) is 0 Å². The molecule has 1 N–H and O–H groups in total. The summed E-state index contributed by atoms with van der Waals surface area (Å²) in [5.41, 5.74) is 1.56. The molecule has 0 aliphatic heterocycles. The summed E-state index contributed by atoms with van der Waals surface area (Å²) in [5, 5.41) is 5.39. The van der Waals surface area contributed by atoms with E-state index in [0.29, 0.717) is 12.1 Å². The zero-order valence-electron chi connectivity index (χ0n) is 10.5. The van der Waals surface area contributed by atoms with Gasteiger partial charge in [-0.3, -0.25) is 0 Å². The summed E-state index contributed by atoms with van der Waals surface area (Å²) in [6, 6.07) is 9.56. The predicted molar refractivity (Wildman–Crippen MR) is 80.3 cm³/mol. The summed E-state index contributed by atoms with van der Waals surface area (Å²) in [6.45, 7) is 1.42. The fraction of sp³-hybridized carbons (Fsp3) is 0.214. The third kappa shape index (κ3) is 3.89. The Morgan fingerprint density at radius 2 is 2.16 bits per heavy atom. The second-order valence-corrected chi connectivity index (χ2v) is 5.89. The Bertz CT molecular complexity index is 568. The fourth-order valence-corrected chi connectivity index (χ4v) is 3.17. The van der Waals surface area contributed by atoms with Gasteiger partial charge in [-0.25, -0.2) is 4.79 Å². The number of carbonyl (C=O) groups is 1. The second-order valence-electron chi connectivity index (χ2n) is 3.98. The van der Waals surface area contributed by atoms with Crippen LogP contribution in [0.2, 0.25) is 0 Å². The van der Waals surface area contributed by atoms with Crippen LogP contribution < -0.4 is 5.32 Å². The number of nitrogens with one attached hydrogen (secondary N) is 1. The van der Waals surface area contributed by atoms with Crippen molar-refractivity contribution in [1.29, 1.82) is 0 Å². The van der Waals surface area contributed by atoms with Crippen LogP contribution in [0.15, 0.2) is 40.2 Å². The zero-order valence-corrected chi connectivity index (χ0v) is 12.9. The monoisotopic (exact) mass is 339 g/mol. The third-order valence-electron chi connectivity index (χ3n) is 2.66. The van der Waals surface area contributed by atoms with Crippen molar-refractivity contribution in [3.05, 3.63) is 56.2 Å². The van der Waals surface area contributed by atoms with Gasteiger partial charge in [0.05, 0.1) is 12.7 Å². The van der Waals surface area contributed by atoms with Gasteiger partial charge in [-0.2, -0.15) is 0 Å². The van der Waals surface area contributed by atoms with Crippen LogP contribution in [0.3, 0.4) is 0 Å². The van der Waals surface area contributed by atoms with Crippen LogP contribution in [0.5, 0.6) is 0 Å². The van der Waals surface area contributed by atoms with E-state index >= 15 is 0 Å². The Balaban J connectivity index is 1.97. The maximum absolute atomic E-state index is 11.6. The van der Waals surface area contributed by atoms with Crippen molar-refractivity contribution in [3.8, 4) is 0 Å². The average molecular weight is 340 g/mol. The molecule has 100 valence electrons. The summed E-state index contributed by atoms with van der Waals surface area (Å²) < 4.78 is 5.88. The maximum atomic E-state index is 11.6. The van der Waals surface area contributed by atoms with Gasteiger partial charge in [0, 0.05) is 27.8 Å². The summed E-state index contributed by atoms with van der Waals surface area (Å²) in [4.78, 5) is 12.9. The molecule has 0 saturated carbocycles. The van der Waals surface area contributed by atoms with E-state index in [1.54, 1.807) is 17.4 Å². The predicted octanol–water partition coefficient (Wildman–Crippen LogP) is 3.59. The molecule has 5 heteroatoms. The summed E-state index contributed by atoms with van der Waals surface area (Å²) in [7, 11) is 1.40. The van der Waals surface area contributed by atoms with Crippen LogP contribution >= 0.6 is 27.3 Å². The van der Waals surface area contributed by atoms with E-state index in [1.165, 1.54) is 12.0 Å². The lowest BCUT2D eigenvalue weighted by Crippen LogP contribution is -2.15. The molecule has 2 aromatic rings. The van der Waals surface area contributed by atoms with E-state index in [1.807, 2.05) is 18.2 Å². The first-order valence-corrected chi connectivity index (χ1v) is 7.48. The number of rotatable bonds is 5. The SMILES string of the molecule is COC(=O)c1ccccc1CNCc1cc(Br)cs1. The number of ether oxygens (including phenoxy) is 1. The highest BCUT2D eigenvalue weighted by atomic mass is 79.9. The molecule has 19 heavy (non-hydrogen) atoms. The minimum absolute atomic E-state index is 0.295. The van der Waals surface area contributed by atoms with Gasteiger partial charge in [0.2, 0.25) is 0 Å². The van der Waals surface area contributed by atoms with Gasteiger partial charge in [0.1, 0.15) is 0 Å². The molecule has 1 aromatic heterocycles. The topological polar surface area (TPSA) is 38.3 Å². The lowest BCUT2D eigenvalue weighted by Gasteiger charge is -2.08. The first-order valence-electron chi connectivity index (χ1n) is 5.80. The second kappa shape index (κ2) is 6.84. The number of esters is 1. The number of methoxy groups -OCH3 is 1. The largest absolute Gasteiger partial charge is 0.465 e. The van der Waals surface area contributed by atoms with Crippen LogP contribution in [0.4, 0.5) is 0 Å². The molecule has 0 spiro atoms. The first-order chi connectivity index (χ1) is 9.20. The lowest BCUT2D eigenvalue weighted by molar-refractivity contribution is 0.0599. The molecule has 3 nitrogen and oxygen atoms in total. The van der Waals surface area contributed by atoms with E-state index in [2.05, 4.69) is 32.7 Å². The van der Waals surface area contributed by atoms with E-state index in [9.17, 15) is 4.79 Å². The van der Waals surface area contributed by atoms with Crippen molar-refractivity contribution in [2.24, 2.45) is 0 Å². The molecule has 0 saturated heterocycles. The quantitative estimate of drug-likeness (QED) is 0.846. The highest BCUT2D eigenvalue weighted by Gasteiger charge is 2.10. The fourth-order valence-electron chi connectivity index (χ4n) is 1.75. The molecule has 0 atom stereocenters. The standard InChI is InChI=1S/C14H14BrNO2S/c1-18-14(17)13-5-3-2-4-10(13)7-16-8-12-6-11(15)9-19-12/h2-6,9,16H,7-8H2,1H3. The van der Waals surface area contributed by atoms with Crippen molar-refractivity contribution < 1.29 is 9.53 Å². The number of thiophene rings is 1. The lowest BCUT2D eigenvalue weighted by atomic mass is 10.1. The molecule has 1 aromatic carbocycles.